The lowest BCUT2D eigenvalue weighted by Gasteiger charge is -2.24. The number of amides is 1. The third kappa shape index (κ3) is 2.59. The van der Waals surface area contributed by atoms with Crippen molar-refractivity contribution >= 4 is 27.7 Å². The van der Waals surface area contributed by atoms with Crippen molar-refractivity contribution < 1.29 is 4.79 Å². The monoisotopic (exact) mass is 324 g/mol. The summed E-state index contributed by atoms with van der Waals surface area (Å²) in [7, 11) is 1.68. The zero-order chi connectivity index (χ0) is 13.4. The van der Waals surface area contributed by atoms with Gasteiger partial charge in [-0.25, -0.2) is 9.97 Å². The van der Waals surface area contributed by atoms with Crippen LogP contribution in [0.4, 0.5) is 5.82 Å². The molecule has 1 saturated carbocycles. The van der Waals surface area contributed by atoms with Gasteiger partial charge in [-0.1, -0.05) is 0 Å². The molecule has 2 fully saturated rings. The molecule has 0 radical (unpaired) electrons. The fraction of sp³-hybridized carbons (Fsp3) is 0.615. The zero-order valence-corrected chi connectivity index (χ0v) is 12.5. The second kappa shape index (κ2) is 5.07. The molecule has 0 bridgehead atoms. The van der Waals surface area contributed by atoms with E-state index in [1.54, 1.807) is 7.05 Å². The number of hydrogen-bond acceptors (Lipinski definition) is 4. The summed E-state index contributed by atoms with van der Waals surface area (Å²) < 4.78 is 0.807. The van der Waals surface area contributed by atoms with Gasteiger partial charge in [-0.2, -0.15) is 0 Å². The van der Waals surface area contributed by atoms with Gasteiger partial charge in [-0.05, 0) is 41.6 Å². The molecule has 1 aromatic heterocycles. The Kier molecular flexibility index (Phi) is 3.43. The quantitative estimate of drug-likeness (QED) is 0.862. The number of aromatic nitrogens is 2. The van der Waals surface area contributed by atoms with Crippen molar-refractivity contribution in [2.45, 2.75) is 37.6 Å². The molecule has 19 heavy (non-hydrogen) atoms. The van der Waals surface area contributed by atoms with E-state index in [4.69, 9.17) is 0 Å². The summed E-state index contributed by atoms with van der Waals surface area (Å²) in [6.45, 7) is 0.881. The zero-order valence-electron chi connectivity index (χ0n) is 10.9. The van der Waals surface area contributed by atoms with Crippen LogP contribution >= 0.6 is 15.9 Å². The maximum absolute atomic E-state index is 11.9. The highest BCUT2D eigenvalue weighted by Gasteiger charge is 2.33. The highest BCUT2D eigenvalue weighted by atomic mass is 79.9. The number of likely N-dealkylation sites (N-methyl/N-ethyl adjacent to an activating group) is 1. The third-order valence-corrected chi connectivity index (χ3v) is 4.14. The van der Waals surface area contributed by atoms with Gasteiger partial charge in [0.1, 0.15) is 22.3 Å². The fourth-order valence-electron chi connectivity index (χ4n) is 2.57. The first-order valence-electron chi connectivity index (χ1n) is 6.72. The van der Waals surface area contributed by atoms with Crippen LogP contribution in [0.1, 0.15) is 37.4 Å². The van der Waals surface area contributed by atoms with E-state index in [0.29, 0.717) is 5.92 Å². The SMILES string of the molecule is CNC(=O)C1CCCN1c1cc(Br)nc(C2CC2)n1. The minimum Gasteiger partial charge on any atom is -0.357 e. The van der Waals surface area contributed by atoms with Crippen LogP contribution < -0.4 is 10.2 Å². The molecule has 5 nitrogen and oxygen atoms in total. The lowest BCUT2D eigenvalue weighted by molar-refractivity contribution is -0.121. The van der Waals surface area contributed by atoms with Crippen LogP contribution in [-0.4, -0.2) is 35.5 Å². The van der Waals surface area contributed by atoms with Crippen molar-refractivity contribution in [2.24, 2.45) is 0 Å². The molecular formula is C13H17BrN4O. The molecule has 1 N–H and O–H groups in total. The van der Waals surface area contributed by atoms with E-state index in [0.717, 1.165) is 35.6 Å². The average molecular weight is 325 g/mol. The maximum Gasteiger partial charge on any atom is 0.242 e. The molecule has 0 spiro atoms. The summed E-state index contributed by atoms with van der Waals surface area (Å²) in [5, 5.41) is 2.74. The van der Waals surface area contributed by atoms with Gasteiger partial charge in [0, 0.05) is 25.6 Å². The van der Waals surface area contributed by atoms with Crippen LogP contribution in [0.5, 0.6) is 0 Å². The summed E-state index contributed by atoms with van der Waals surface area (Å²) in [5.74, 6) is 2.36. The lowest BCUT2D eigenvalue weighted by atomic mass is 10.2. The number of anilines is 1. The normalized spacial score (nSPS) is 22.6. The summed E-state index contributed by atoms with van der Waals surface area (Å²) in [6.07, 6.45) is 4.27. The highest BCUT2D eigenvalue weighted by molar-refractivity contribution is 9.10. The summed E-state index contributed by atoms with van der Waals surface area (Å²) in [4.78, 5) is 23.1. The molecule has 3 rings (SSSR count). The highest BCUT2D eigenvalue weighted by Crippen LogP contribution is 2.39. The van der Waals surface area contributed by atoms with Crippen molar-refractivity contribution in [1.82, 2.24) is 15.3 Å². The second-order valence-corrected chi connectivity index (χ2v) is 5.96. The van der Waals surface area contributed by atoms with Crippen molar-refractivity contribution in [1.29, 1.82) is 0 Å². The number of nitrogens with zero attached hydrogens (tertiary/aromatic N) is 3. The standard InChI is InChI=1S/C13H17BrN4O/c1-15-13(19)9-3-2-6-18(9)11-7-10(14)16-12(17-11)8-4-5-8/h7-9H,2-6H2,1H3,(H,15,19). The predicted octanol–water partition coefficient (Wildman–Crippen LogP) is 1.83. The first-order valence-corrected chi connectivity index (χ1v) is 7.51. The number of carbonyl (C=O) groups is 1. The molecule has 1 aliphatic heterocycles. The minimum atomic E-state index is -0.0983. The average Bonchev–Trinajstić information content (AvgIpc) is 3.14. The Morgan fingerprint density at radius 1 is 1.42 bits per heavy atom. The number of rotatable bonds is 3. The number of nitrogens with one attached hydrogen (secondary N) is 1. The molecule has 1 aliphatic carbocycles. The Morgan fingerprint density at radius 2 is 2.21 bits per heavy atom. The van der Waals surface area contributed by atoms with Crippen LogP contribution in [0.2, 0.25) is 0 Å². The van der Waals surface area contributed by atoms with Gasteiger partial charge < -0.3 is 10.2 Å². The van der Waals surface area contributed by atoms with E-state index in [1.807, 2.05) is 6.07 Å². The molecule has 1 unspecified atom stereocenters. The Bertz CT molecular complexity index is 503. The number of carbonyl (C=O) groups excluding carboxylic acids is 1. The molecule has 102 valence electrons. The van der Waals surface area contributed by atoms with E-state index in [1.165, 1.54) is 12.8 Å². The first kappa shape index (κ1) is 12.8. The molecule has 1 saturated heterocycles. The molecule has 2 aliphatic rings. The summed E-state index contributed by atoms with van der Waals surface area (Å²) >= 11 is 3.45. The topological polar surface area (TPSA) is 58.1 Å². The molecule has 1 aromatic rings. The van der Waals surface area contributed by atoms with Crippen molar-refractivity contribution in [3.05, 3.63) is 16.5 Å². The van der Waals surface area contributed by atoms with Crippen LogP contribution in [0.25, 0.3) is 0 Å². The number of hydrogen-bond donors (Lipinski definition) is 1. The Labute approximate surface area is 120 Å². The van der Waals surface area contributed by atoms with E-state index in [2.05, 4.69) is 36.1 Å². The van der Waals surface area contributed by atoms with Crippen LogP contribution in [0.15, 0.2) is 10.7 Å². The third-order valence-electron chi connectivity index (χ3n) is 3.74. The predicted molar refractivity (Wildman–Crippen MR) is 76.1 cm³/mol. The largest absolute Gasteiger partial charge is 0.357 e. The van der Waals surface area contributed by atoms with Gasteiger partial charge in [0.15, 0.2) is 0 Å². The van der Waals surface area contributed by atoms with Crippen molar-refractivity contribution in [2.75, 3.05) is 18.5 Å². The minimum absolute atomic E-state index is 0.0696. The molecule has 6 heteroatoms. The Balaban J connectivity index is 1.90. The van der Waals surface area contributed by atoms with Crippen LogP contribution in [-0.2, 0) is 4.79 Å². The molecule has 1 atom stereocenters. The molecular weight excluding hydrogens is 308 g/mol. The van der Waals surface area contributed by atoms with E-state index >= 15 is 0 Å². The van der Waals surface area contributed by atoms with Crippen LogP contribution in [0.3, 0.4) is 0 Å². The number of halogens is 1. The fourth-order valence-corrected chi connectivity index (χ4v) is 2.96. The van der Waals surface area contributed by atoms with Crippen LogP contribution in [0, 0.1) is 0 Å². The van der Waals surface area contributed by atoms with Gasteiger partial charge >= 0.3 is 0 Å². The molecule has 2 heterocycles. The van der Waals surface area contributed by atoms with Gasteiger partial charge in [-0.15, -0.1) is 0 Å². The van der Waals surface area contributed by atoms with E-state index in [-0.39, 0.29) is 11.9 Å². The maximum atomic E-state index is 11.9. The smallest absolute Gasteiger partial charge is 0.242 e. The Morgan fingerprint density at radius 3 is 2.89 bits per heavy atom. The van der Waals surface area contributed by atoms with Gasteiger partial charge in [-0.3, -0.25) is 4.79 Å². The van der Waals surface area contributed by atoms with Crippen molar-refractivity contribution in [3.8, 4) is 0 Å². The van der Waals surface area contributed by atoms with Gasteiger partial charge in [0.05, 0.1) is 0 Å². The summed E-state index contributed by atoms with van der Waals surface area (Å²) in [6, 6.07) is 1.81. The van der Waals surface area contributed by atoms with Gasteiger partial charge in [0.2, 0.25) is 5.91 Å². The first-order chi connectivity index (χ1) is 9.19. The van der Waals surface area contributed by atoms with Crippen molar-refractivity contribution in [3.63, 3.8) is 0 Å². The second-order valence-electron chi connectivity index (χ2n) is 5.15. The summed E-state index contributed by atoms with van der Waals surface area (Å²) in [5.41, 5.74) is 0. The van der Waals surface area contributed by atoms with Gasteiger partial charge in [0.25, 0.3) is 0 Å². The van der Waals surface area contributed by atoms with E-state index in [9.17, 15) is 4.79 Å². The molecule has 0 aromatic carbocycles. The Hall–Kier alpha value is -1.17. The van der Waals surface area contributed by atoms with E-state index < -0.39 is 0 Å². The lowest BCUT2D eigenvalue weighted by Crippen LogP contribution is -2.42. The molecule has 1 amide bonds.